The van der Waals surface area contributed by atoms with Gasteiger partial charge < -0.3 is 20.1 Å². The molecule has 1 heterocycles. The molecule has 0 unspecified atom stereocenters. The molecule has 0 saturated heterocycles. The lowest BCUT2D eigenvalue weighted by Crippen LogP contribution is -2.31. The quantitative estimate of drug-likeness (QED) is 0.858. The van der Waals surface area contributed by atoms with Crippen molar-refractivity contribution in [2.24, 2.45) is 0 Å². The molecular weight excluding hydrogens is 290 g/mol. The molecule has 7 heteroatoms. The van der Waals surface area contributed by atoms with Gasteiger partial charge in [-0.15, -0.1) is 11.3 Å². The molecule has 6 nitrogen and oxygen atoms in total. The lowest BCUT2D eigenvalue weighted by Gasteiger charge is -2.17. The van der Waals surface area contributed by atoms with E-state index in [-0.39, 0.29) is 5.91 Å². The maximum atomic E-state index is 12.1. The minimum atomic E-state index is -0.434. The van der Waals surface area contributed by atoms with Gasteiger partial charge in [0.25, 0.3) is 0 Å². The molecule has 0 aliphatic carbocycles. The van der Waals surface area contributed by atoms with Gasteiger partial charge in [0, 0.05) is 17.6 Å². The lowest BCUT2D eigenvalue weighted by atomic mass is 10.2. The molecular formula is C14H17N3O3S. The topological polar surface area (TPSA) is 72.5 Å². The zero-order valence-corrected chi connectivity index (χ0v) is 12.9. The fourth-order valence-electron chi connectivity index (χ4n) is 1.72. The van der Waals surface area contributed by atoms with Gasteiger partial charge in [0.05, 0.1) is 19.9 Å². The molecule has 2 rings (SSSR count). The van der Waals surface area contributed by atoms with Crippen molar-refractivity contribution in [3.05, 3.63) is 29.8 Å². The number of amides is 1. The number of benzene rings is 1. The third-order valence-electron chi connectivity index (χ3n) is 2.84. The van der Waals surface area contributed by atoms with E-state index in [0.29, 0.717) is 16.6 Å². The average Bonchev–Trinajstić information content (AvgIpc) is 3.00. The Morgan fingerprint density at radius 3 is 2.76 bits per heavy atom. The third kappa shape index (κ3) is 3.85. The van der Waals surface area contributed by atoms with Gasteiger partial charge in [-0.2, -0.15) is 0 Å². The number of carbonyl (C=O) groups is 1. The van der Waals surface area contributed by atoms with Gasteiger partial charge in [0.15, 0.2) is 5.13 Å². The van der Waals surface area contributed by atoms with E-state index in [9.17, 15) is 4.79 Å². The van der Waals surface area contributed by atoms with E-state index in [0.717, 1.165) is 5.69 Å². The van der Waals surface area contributed by atoms with E-state index in [2.05, 4.69) is 15.6 Å². The SMILES string of the molecule is COc1ccc(N[C@@H](C)C(=O)Nc2nccs2)c(OC)c1. The van der Waals surface area contributed by atoms with E-state index in [1.54, 1.807) is 44.9 Å². The number of aromatic nitrogens is 1. The Bertz CT molecular complexity index is 602. The van der Waals surface area contributed by atoms with E-state index < -0.39 is 6.04 Å². The summed E-state index contributed by atoms with van der Waals surface area (Å²) in [5.41, 5.74) is 0.722. The zero-order chi connectivity index (χ0) is 15.2. The highest BCUT2D eigenvalue weighted by Crippen LogP contribution is 2.29. The molecule has 1 aromatic carbocycles. The van der Waals surface area contributed by atoms with E-state index in [4.69, 9.17) is 9.47 Å². The molecule has 112 valence electrons. The Morgan fingerprint density at radius 1 is 1.33 bits per heavy atom. The van der Waals surface area contributed by atoms with Crippen molar-refractivity contribution in [2.75, 3.05) is 24.9 Å². The van der Waals surface area contributed by atoms with Crippen LogP contribution in [0.3, 0.4) is 0 Å². The summed E-state index contributed by atoms with van der Waals surface area (Å²) in [7, 11) is 3.16. The summed E-state index contributed by atoms with van der Waals surface area (Å²) in [6.45, 7) is 1.77. The van der Waals surface area contributed by atoms with Crippen LogP contribution in [-0.4, -0.2) is 31.2 Å². The Kier molecular flexibility index (Phi) is 4.99. The number of carbonyl (C=O) groups excluding carboxylic acids is 1. The van der Waals surface area contributed by atoms with Crippen molar-refractivity contribution < 1.29 is 14.3 Å². The highest BCUT2D eigenvalue weighted by Gasteiger charge is 2.16. The van der Waals surface area contributed by atoms with Crippen LogP contribution in [0, 0.1) is 0 Å². The first kappa shape index (κ1) is 15.1. The van der Waals surface area contributed by atoms with Crippen LogP contribution in [0.25, 0.3) is 0 Å². The monoisotopic (exact) mass is 307 g/mol. The summed E-state index contributed by atoms with van der Waals surface area (Å²) in [6, 6.07) is 4.94. The second kappa shape index (κ2) is 6.94. The van der Waals surface area contributed by atoms with Crippen molar-refractivity contribution in [1.29, 1.82) is 0 Å². The summed E-state index contributed by atoms with van der Waals surface area (Å²) < 4.78 is 10.4. The molecule has 2 N–H and O–H groups in total. The summed E-state index contributed by atoms with van der Waals surface area (Å²) in [5.74, 6) is 1.14. The van der Waals surface area contributed by atoms with Gasteiger partial charge in [0.1, 0.15) is 17.5 Å². The average molecular weight is 307 g/mol. The van der Waals surface area contributed by atoms with Crippen LogP contribution in [0.4, 0.5) is 10.8 Å². The second-order valence-electron chi connectivity index (χ2n) is 4.26. The van der Waals surface area contributed by atoms with Crippen LogP contribution in [0.15, 0.2) is 29.8 Å². The molecule has 1 atom stereocenters. The molecule has 0 bridgehead atoms. The number of methoxy groups -OCH3 is 2. The highest BCUT2D eigenvalue weighted by molar-refractivity contribution is 7.13. The molecule has 0 saturated carbocycles. The normalized spacial score (nSPS) is 11.6. The van der Waals surface area contributed by atoms with E-state index in [1.165, 1.54) is 11.3 Å². The van der Waals surface area contributed by atoms with Crippen molar-refractivity contribution in [3.63, 3.8) is 0 Å². The van der Waals surface area contributed by atoms with E-state index in [1.807, 2.05) is 6.07 Å². The third-order valence-corrected chi connectivity index (χ3v) is 3.52. The first-order valence-corrected chi connectivity index (χ1v) is 7.21. The minimum absolute atomic E-state index is 0.164. The second-order valence-corrected chi connectivity index (χ2v) is 5.15. The fourth-order valence-corrected chi connectivity index (χ4v) is 2.25. The van der Waals surface area contributed by atoms with Gasteiger partial charge in [-0.3, -0.25) is 4.79 Å². The van der Waals surface area contributed by atoms with Crippen LogP contribution in [0.1, 0.15) is 6.92 Å². The van der Waals surface area contributed by atoms with Gasteiger partial charge in [0.2, 0.25) is 5.91 Å². The molecule has 0 spiro atoms. The molecule has 2 aromatic rings. The van der Waals surface area contributed by atoms with Gasteiger partial charge in [-0.1, -0.05) is 0 Å². The number of anilines is 2. The predicted octanol–water partition coefficient (Wildman–Crippen LogP) is 2.60. The molecule has 1 amide bonds. The largest absolute Gasteiger partial charge is 0.497 e. The van der Waals surface area contributed by atoms with Gasteiger partial charge in [-0.25, -0.2) is 4.98 Å². The number of thiazole rings is 1. The standard InChI is InChI=1S/C14H17N3O3S/c1-9(13(18)17-14-15-6-7-21-14)16-11-5-4-10(19-2)8-12(11)20-3/h4-9,16H,1-3H3,(H,15,17,18)/t9-/m0/s1. The van der Waals surface area contributed by atoms with Crippen molar-refractivity contribution >= 4 is 28.1 Å². The first-order chi connectivity index (χ1) is 10.1. The van der Waals surface area contributed by atoms with Crippen molar-refractivity contribution in [2.45, 2.75) is 13.0 Å². The Morgan fingerprint density at radius 2 is 2.14 bits per heavy atom. The van der Waals surface area contributed by atoms with Crippen LogP contribution >= 0.6 is 11.3 Å². The summed E-state index contributed by atoms with van der Waals surface area (Å²) in [4.78, 5) is 16.1. The number of nitrogens with one attached hydrogen (secondary N) is 2. The number of hydrogen-bond donors (Lipinski definition) is 2. The summed E-state index contributed by atoms with van der Waals surface area (Å²) >= 11 is 1.38. The predicted molar refractivity (Wildman–Crippen MR) is 83.4 cm³/mol. The number of hydrogen-bond acceptors (Lipinski definition) is 6. The lowest BCUT2D eigenvalue weighted by molar-refractivity contribution is -0.116. The van der Waals surface area contributed by atoms with Crippen molar-refractivity contribution in [3.8, 4) is 11.5 Å². The Hall–Kier alpha value is -2.28. The van der Waals surface area contributed by atoms with Gasteiger partial charge >= 0.3 is 0 Å². The van der Waals surface area contributed by atoms with E-state index >= 15 is 0 Å². The summed E-state index contributed by atoms with van der Waals surface area (Å²) in [6.07, 6.45) is 1.64. The number of nitrogens with zero attached hydrogens (tertiary/aromatic N) is 1. The number of ether oxygens (including phenoxy) is 2. The number of rotatable bonds is 6. The first-order valence-electron chi connectivity index (χ1n) is 6.33. The van der Waals surface area contributed by atoms with Crippen LogP contribution < -0.4 is 20.1 Å². The molecule has 0 fully saturated rings. The highest BCUT2D eigenvalue weighted by atomic mass is 32.1. The fraction of sp³-hybridized carbons (Fsp3) is 0.286. The smallest absolute Gasteiger partial charge is 0.248 e. The molecule has 0 aliphatic heterocycles. The molecule has 0 aliphatic rings. The summed E-state index contributed by atoms with van der Waals surface area (Å²) in [5, 5.41) is 8.24. The molecule has 21 heavy (non-hydrogen) atoms. The minimum Gasteiger partial charge on any atom is -0.497 e. The molecule has 1 aromatic heterocycles. The van der Waals surface area contributed by atoms with Crippen LogP contribution in [0.5, 0.6) is 11.5 Å². The van der Waals surface area contributed by atoms with Crippen molar-refractivity contribution in [1.82, 2.24) is 4.98 Å². The molecule has 0 radical (unpaired) electrons. The maximum absolute atomic E-state index is 12.1. The van der Waals surface area contributed by atoms with Crippen LogP contribution in [-0.2, 0) is 4.79 Å². The maximum Gasteiger partial charge on any atom is 0.248 e. The van der Waals surface area contributed by atoms with Gasteiger partial charge in [-0.05, 0) is 19.1 Å². The Balaban J connectivity index is 2.04. The van der Waals surface area contributed by atoms with Crippen LogP contribution in [0.2, 0.25) is 0 Å². The zero-order valence-electron chi connectivity index (χ0n) is 12.0. The Labute approximate surface area is 127 Å².